The molecule has 2 aromatic carbocycles. The van der Waals surface area contributed by atoms with E-state index in [9.17, 15) is 4.79 Å². The van der Waals surface area contributed by atoms with Crippen molar-refractivity contribution in [2.45, 2.75) is 0 Å². The highest BCUT2D eigenvalue weighted by atomic mass is 16.5. The van der Waals surface area contributed by atoms with Crippen molar-refractivity contribution >= 4 is 16.7 Å². The topological polar surface area (TPSA) is 89.2 Å². The van der Waals surface area contributed by atoms with Crippen LogP contribution < -0.4 is 14.2 Å². The van der Waals surface area contributed by atoms with Gasteiger partial charge in [-0.1, -0.05) is 18.2 Å². The molecular formula is C21H19N3O4. The van der Waals surface area contributed by atoms with Crippen LogP contribution in [0.15, 0.2) is 48.7 Å². The van der Waals surface area contributed by atoms with E-state index < -0.39 is 5.78 Å². The standard InChI is InChI=1S/C21H19N3O4/c1-26-17-8-12(9-18(27-2)20(17)28-3)19(25)16-11-23-21(24-16)14-10-22-15-7-5-4-6-13(14)15/h4-11,22H,1-3H3,(H,23,24)/i8D,11D. The molecule has 0 saturated carbocycles. The minimum Gasteiger partial charge on any atom is -0.493 e. The summed E-state index contributed by atoms with van der Waals surface area (Å²) in [5, 5.41) is 0.916. The first kappa shape index (κ1) is 15.3. The predicted octanol–water partition coefficient (Wildman–Crippen LogP) is 3.81. The molecule has 142 valence electrons. The summed E-state index contributed by atoms with van der Waals surface area (Å²) in [5.41, 5.74) is 1.64. The second-order valence-corrected chi connectivity index (χ2v) is 5.97. The molecule has 7 heteroatoms. The van der Waals surface area contributed by atoms with Gasteiger partial charge in [-0.2, -0.15) is 0 Å². The number of benzene rings is 2. The smallest absolute Gasteiger partial charge is 0.211 e. The molecule has 0 bridgehead atoms. The molecule has 2 heterocycles. The fourth-order valence-corrected chi connectivity index (χ4v) is 3.06. The Kier molecular flexibility index (Phi) is 3.89. The largest absolute Gasteiger partial charge is 0.493 e. The average Bonchev–Trinajstić information content (AvgIpc) is 3.36. The Morgan fingerprint density at radius 1 is 1.11 bits per heavy atom. The number of ketones is 1. The van der Waals surface area contributed by atoms with Crippen LogP contribution in [0.2, 0.25) is 0 Å². The SMILES string of the molecule is [2H]c1nc(-c2c[nH]c3ccccc23)[nH]c1C(=O)c1cc(OC)c(OC)c(OC)c1[2H]. The first-order chi connectivity index (χ1) is 14.5. The van der Waals surface area contributed by atoms with Crippen LogP contribution in [0.3, 0.4) is 0 Å². The monoisotopic (exact) mass is 379 g/mol. The number of nitrogens with one attached hydrogen (secondary N) is 2. The van der Waals surface area contributed by atoms with Crippen LogP contribution in [-0.4, -0.2) is 42.1 Å². The second-order valence-electron chi connectivity index (χ2n) is 5.97. The lowest BCUT2D eigenvalue weighted by molar-refractivity contribution is 0.103. The first-order valence-electron chi connectivity index (χ1n) is 9.47. The Balaban J connectivity index is 1.82. The molecule has 4 rings (SSSR count). The van der Waals surface area contributed by atoms with E-state index >= 15 is 0 Å². The Morgan fingerprint density at radius 2 is 1.89 bits per heavy atom. The second kappa shape index (κ2) is 7.11. The molecule has 2 N–H and O–H groups in total. The fraction of sp³-hybridized carbons (Fsp3) is 0.143. The fourth-order valence-electron chi connectivity index (χ4n) is 3.06. The van der Waals surface area contributed by atoms with E-state index in [1.54, 1.807) is 6.20 Å². The van der Waals surface area contributed by atoms with Crippen LogP contribution in [0.25, 0.3) is 22.3 Å². The summed E-state index contributed by atoms with van der Waals surface area (Å²) in [7, 11) is 4.23. The van der Waals surface area contributed by atoms with E-state index in [2.05, 4.69) is 15.0 Å². The molecule has 0 radical (unpaired) electrons. The van der Waals surface area contributed by atoms with E-state index in [4.69, 9.17) is 17.0 Å². The Labute approximate surface area is 164 Å². The lowest BCUT2D eigenvalue weighted by atomic mass is 10.1. The van der Waals surface area contributed by atoms with Gasteiger partial charge in [-0.25, -0.2) is 4.98 Å². The summed E-state index contributed by atoms with van der Waals surface area (Å²) < 4.78 is 32.4. The van der Waals surface area contributed by atoms with Crippen molar-refractivity contribution in [1.29, 1.82) is 0 Å². The lowest BCUT2D eigenvalue weighted by Gasteiger charge is -2.13. The van der Waals surface area contributed by atoms with Gasteiger partial charge in [-0.3, -0.25) is 4.79 Å². The predicted molar refractivity (Wildman–Crippen MR) is 105 cm³/mol. The van der Waals surface area contributed by atoms with Crippen LogP contribution in [0, 0.1) is 0 Å². The van der Waals surface area contributed by atoms with Gasteiger partial charge >= 0.3 is 0 Å². The van der Waals surface area contributed by atoms with Crippen LogP contribution in [-0.2, 0) is 0 Å². The van der Waals surface area contributed by atoms with Crippen molar-refractivity contribution in [3.05, 3.63) is 60.0 Å². The molecule has 4 aromatic rings. The van der Waals surface area contributed by atoms with E-state index in [-0.39, 0.29) is 40.7 Å². The molecule has 0 aliphatic heterocycles. The molecule has 7 nitrogen and oxygen atoms in total. The van der Waals surface area contributed by atoms with Gasteiger partial charge in [0.1, 0.15) is 11.5 Å². The molecule has 0 spiro atoms. The summed E-state index contributed by atoms with van der Waals surface area (Å²) in [6, 6.07) is 8.91. The molecule has 0 saturated heterocycles. The van der Waals surface area contributed by atoms with Crippen LogP contribution in [0.4, 0.5) is 0 Å². The minimum absolute atomic E-state index is 0.00660. The van der Waals surface area contributed by atoms with Gasteiger partial charge in [0.25, 0.3) is 0 Å². The Morgan fingerprint density at radius 3 is 2.64 bits per heavy atom. The molecule has 0 amide bonds. The van der Waals surface area contributed by atoms with Crippen molar-refractivity contribution in [2.24, 2.45) is 0 Å². The number of ether oxygens (including phenoxy) is 3. The van der Waals surface area contributed by atoms with E-state index in [0.717, 1.165) is 16.5 Å². The number of aromatic amines is 2. The average molecular weight is 379 g/mol. The zero-order chi connectivity index (χ0) is 21.4. The highest BCUT2D eigenvalue weighted by molar-refractivity contribution is 6.09. The van der Waals surface area contributed by atoms with Gasteiger partial charge in [0.15, 0.2) is 11.5 Å². The van der Waals surface area contributed by atoms with Gasteiger partial charge in [-0.05, 0) is 18.2 Å². The third-order valence-electron chi connectivity index (χ3n) is 4.42. The number of rotatable bonds is 6. The maximum atomic E-state index is 13.2. The van der Waals surface area contributed by atoms with Gasteiger partial charge in [0, 0.05) is 28.2 Å². The highest BCUT2D eigenvalue weighted by Crippen LogP contribution is 2.38. The number of imidazole rings is 1. The van der Waals surface area contributed by atoms with Crippen LogP contribution in [0.5, 0.6) is 17.2 Å². The van der Waals surface area contributed by atoms with Crippen LogP contribution in [0.1, 0.15) is 18.8 Å². The van der Waals surface area contributed by atoms with Crippen molar-refractivity contribution in [3.8, 4) is 28.6 Å². The van der Waals surface area contributed by atoms with Crippen molar-refractivity contribution in [3.63, 3.8) is 0 Å². The van der Waals surface area contributed by atoms with Crippen LogP contribution >= 0.6 is 0 Å². The molecule has 28 heavy (non-hydrogen) atoms. The van der Waals surface area contributed by atoms with E-state index in [0.29, 0.717) is 5.82 Å². The van der Waals surface area contributed by atoms with E-state index in [1.807, 2.05) is 24.3 Å². The number of nitrogens with zero attached hydrogens (tertiary/aromatic N) is 1. The molecular weight excluding hydrogens is 358 g/mol. The number of para-hydroxylation sites is 1. The number of fused-ring (bicyclic) bond motifs is 1. The maximum absolute atomic E-state index is 13.2. The zero-order valence-electron chi connectivity index (χ0n) is 17.5. The lowest BCUT2D eigenvalue weighted by Crippen LogP contribution is -2.04. The highest BCUT2D eigenvalue weighted by Gasteiger charge is 2.20. The third-order valence-corrected chi connectivity index (χ3v) is 4.42. The molecule has 0 aliphatic rings. The quantitative estimate of drug-likeness (QED) is 0.497. The maximum Gasteiger partial charge on any atom is 0.211 e. The molecule has 2 aromatic heterocycles. The number of hydrogen-bond donors (Lipinski definition) is 2. The summed E-state index contributed by atoms with van der Waals surface area (Å²) in [6.07, 6.45) is 1.56. The normalized spacial score (nSPS) is 11.8. The van der Waals surface area contributed by atoms with Crippen molar-refractivity contribution in [1.82, 2.24) is 15.0 Å². The number of methoxy groups -OCH3 is 3. The van der Waals surface area contributed by atoms with Crippen molar-refractivity contribution in [2.75, 3.05) is 21.3 Å². The van der Waals surface area contributed by atoms with E-state index in [1.165, 1.54) is 27.4 Å². The summed E-state index contributed by atoms with van der Waals surface area (Å²) in [5.74, 6) is 0.360. The number of aromatic nitrogens is 3. The molecule has 0 fully saturated rings. The molecule has 0 aliphatic carbocycles. The summed E-state index contributed by atoms with van der Waals surface area (Å²) >= 11 is 0. The number of hydrogen-bond acceptors (Lipinski definition) is 5. The minimum atomic E-state index is -0.567. The first-order valence-corrected chi connectivity index (χ1v) is 8.47. The van der Waals surface area contributed by atoms with Gasteiger partial charge < -0.3 is 24.2 Å². The Hall–Kier alpha value is -3.74. The summed E-state index contributed by atoms with van der Waals surface area (Å²) in [6.45, 7) is 0. The van der Waals surface area contributed by atoms with Gasteiger partial charge in [0.2, 0.25) is 11.5 Å². The van der Waals surface area contributed by atoms with Gasteiger partial charge in [0.05, 0.1) is 30.2 Å². The third kappa shape index (κ3) is 2.87. The molecule has 0 unspecified atom stereocenters. The van der Waals surface area contributed by atoms with Gasteiger partial charge in [-0.15, -0.1) is 0 Å². The number of H-pyrrole nitrogens is 2. The Bertz CT molecular complexity index is 1260. The summed E-state index contributed by atoms with van der Waals surface area (Å²) in [4.78, 5) is 23.5. The zero-order valence-corrected chi connectivity index (χ0v) is 15.5. The number of carbonyl (C=O) groups excluding carboxylic acids is 1. The van der Waals surface area contributed by atoms with Crippen molar-refractivity contribution < 1.29 is 21.7 Å². The number of carbonyl (C=O) groups is 1. The molecule has 0 atom stereocenters.